The van der Waals surface area contributed by atoms with Crippen molar-refractivity contribution in [1.29, 1.82) is 0 Å². The Balaban J connectivity index is 1.87. The second-order valence-electron chi connectivity index (χ2n) is 7.01. The van der Waals surface area contributed by atoms with Crippen molar-refractivity contribution in [3.8, 4) is 0 Å². The van der Waals surface area contributed by atoms with Gasteiger partial charge in [-0.3, -0.25) is 4.79 Å². The van der Waals surface area contributed by atoms with Crippen molar-refractivity contribution in [2.45, 2.75) is 90.9 Å². The molecule has 1 aromatic carbocycles. The molecule has 0 bridgehead atoms. The molecule has 136 valence electrons. The van der Waals surface area contributed by atoms with E-state index in [-0.39, 0.29) is 5.91 Å². The van der Waals surface area contributed by atoms with Gasteiger partial charge in [0.05, 0.1) is 0 Å². The molecule has 1 aromatic rings. The Morgan fingerprint density at radius 3 is 1.71 bits per heavy atom. The molecule has 0 fully saturated rings. The first kappa shape index (κ1) is 20.7. The Labute approximate surface area is 149 Å². The second kappa shape index (κ2) is 14.1. The molecule has 0 saturated carbocycles. The van der Waals surface area contributed by atoms with Gasteiger partial charge in [0.2, 0.25) is 0 Å². The summed E-state index contributed by atoms with van der Waals surface area (Å²) in [5, 5.41) is 3.01. The number of benzene rings is 1. The van der Waals surface area contributed by atoms with Crippen molar-refractivity contribution in [2.24, 2.45) is 0 Å². The van der Waals surface area contributed by atoms with Crippen LogP contribution in [-0.2, 0) is 0 Å². The lowest BCUT2D eigenvalue weighted by Gasteiger charge is -2.06. The van der Waals surface area contributed by atoms with Crippen LogP contribution in [0.3, 0.4) is 0 Å². The van der Waals surface area contributed by atoms with Crippen LogP contribution in [0.5, 0.6) is 0 Å². The van der Waals surface area contributed by atoms with E-state index < -0.39 is 0 Å². The van der Waals surface area contributed by atoms with Gasteiger partial charge < -0.3 is 5.32 Å². The predicted molar refractivity (Wildman–Crippen MR) is 105 cm³/mol. The Bertz CT molecular complexity index is 424. The first-order valence-corrected chi connectivity index (χ1v) is 10.1. The fourth-order valence-corrected chi connectivity index (χ4v) is 2.97. The van der Waals surface area contributed by atoms with Crippen LogP contribution >= 0.6 is 0 Å². The van der Waals surface area contributed by atoms with E-state index in [9.17, 15) is 4.79 Å². The van der Waals surface area contributed by atoms with E-state index in [4.69, 9.17) is 0 Å². The summed E-state index contributed by atoms with van der Waals surface area (Å²) >= 11 is 0. The highest BCUT2D eigenvalue weighted by Crippen LogP contribution is 2.11. The van der Waals surface area contributed by atoms with Crippen LogP contribution in [-0.4, -0.2) is 12.5 Å². The maximum atomic E-state index is 11.9. The maximum Gasteiger partial charge on any atom is 0.251 e. The molecule has 0 saturated heterocycles. The number of rotatable bonds is 14. The number of carbonyl (C=O) groups excluding carboxylic acids is 1. The normalized spacial score (nSPS) is 10.8. The molecule has 0 aliphatic carbocycles. The molecule has 0 aliphatic rings. The molecule has 0 aromatic heterocycles. The number of aryl methyl sites for hydroxylation is 1. The van der Waals surface area contributed by atoms with Crippen molar-refractivity contribution in [3.63, 3.8) is 0 Å². The second-order valence-corrected chi connectivity index (χ2v) is 7.01. The molecule has 2 nitrogen and oxygen atoms in total. The molecular weight excluding hydrogens is 294 g/mol. The van der Waals surface area contributed by atoms with Gasteiger partial charge in [0.1, 0.15) is 0 Å². The zero-order valence-corrected chi connectivity index (χ0v) is 15.9. The van der Waals surface area contributed by atoms with Gasteiger partial charge in [-0.1, -0.05) is 95.2 Å². The van der Waals surface area contributed by atoms with Gasteiger partial charge in [-0.15, -0.1) is 0 Å². The lowest BCUT2D eigenvalue weighted by molar-refractivity contribution is 0.0953. The Morgan fingerprint density at radius 1 is 0.750 bits per heavy atom. The third kappa shape index (κ3) is 10.5. The van der Waals surface area contributed by atoms with Crippen LogP contribution in [0.15, 0.2) is 24.3 Å². The van der Waals surface area contributed by atoms with Crippen molar-refractivity contribution < 1.29 is 4.79 Å². The zero-order chi connectivity index (χ0) is 17.5. The summed E-state index contributed by atoms with van der Waals surface area (Å²) < 4.78 is 0. The first-order chi connectivity index (χ1) is 11.7. The minimum absolute atomic E-state index is 0.0538. The van der Waals surface area contributed by atoms with Crippen molar-refractivity contribution in [1.82, 2.24) is 5.32 Å². The molecule has 1 rings (SSSR count). The summed E-state index contributed by atoms with van der Waals surface area (Å²) in [5.74, 6) is 0.0538. The van der Waals surface area contributed by atoms with E-state index in [2.05, 4.69) is 12.2 Å². The lowest BCUT2D eigenvalue weighted by atomic mass is 10.1. The monoisotopic (exact) mass is 331 g/mol. The minimum Gasteiger partial charge on any atom is -0.352 e. The highest BCUT2D eigenvalue weighted by atomic mass is 16.1. The summed E-state index contributed by atoms with van der Waals surface area (Å²) in [4.78, 5) is 11.9. The molecule has 0 aliphatic heterocycles. The fraction of sp³-hybridized carbons (Fsp3) is 0.682. The third-order valence-corrected chi connectivity index (χ3v) is 4.63. The van der Waals surface area contributed by atoms with Crippen LogP contribution in [0, 0.1) is 6.92 Å². The van der Waals surface area contributed by atoms with E-state index >= 15 is 0 Å². The quantitative estimate of drug-likeness (QED) is 0.391. The van der Waals surface area contributed by atoms with Crippen molar-refractivity contribution >= 4 is 5.91 Å². The number of carbonyl (C=O) groups is 1. The molecule has 0 atom stereocenters. The van der Waals surface area contributed by atoms with E-state index in [1.807, 2.05) is 31.2 Å². The largest absolute Gasteiger partial charge is 0.352 e. The van der Waals surface area contributed by atoms with Gasteiger partial charge in [0.15, 0.2) is 0 Å². The molecule has 1 amide bonds. The van der Waals surface area contributed by atoms with E-state index in [1.54, 1.807) is 0 Å². The summed E-state index contributed by atoms with van der Waals surface area (Å²) in [6.07, 6.45) is 16.2. The molecule has 0 spiro atoms. The summed E-state index contributed by atoms with van der Waals surface area (Å²) in [5.41, 5.74) is 1.95. The molecule has 2 heteroatoms. The zero-order valence-electron chi connectivity index (χ0n) is 15.9. The van der Waals surface area contributed by atoms with Gasteiger partial charge in [-0.25, -0.2) is 0 Å². The standard InChI is InChI=1S/C22H37NO/c1-3-4-5-6-7-8-9-10-11-12-13-14-19-23-22(24)21-17-15-20(2)16-18-21/h15-18H,3-14,19H2,1-2H3,(H,23,24). The topological polar surface area (TPSA) is 29.1 Å². The molecule has 0 radical (unpaired) electrons. The fourth-order valence-electron chi connectivity index (χ4n) is 2.97. The molecule has 1 N–H and O–H groups in total. The molecule has 0 heterocycles. The Hall–Kier alpha value is -1.31. The minimum atomic E-state index is 0.0538. The first-order valence-electron chi connectivity index (χ1n) is 10.1. The van der Waals surface area contributed by atoms with Gasteiger partial charge >= 0.3 is 0 Å². The average Bonchev–Trinajstić information content (AvgIpc) is 2.59. The average molecular weight is 332 g/mol. The third-order valence-electron chi connectivity index (χ3n) is 4.63. The maximum absolute atomic E-state index is 11.9. The van der Waals surface area contributed by atoms with Crippen LogP contribution in [0.1, 0.15) is 99.9 Å². The summed E-state index contributed by atoms with van der Waals surface area (Å²) in [7, 11) is 0. The van der Waals surface area contributed by atoms with Gasteiger partial charge in [0, 0.05) is 12.1 Å². The van der Waals surface area contributed by atoms with Crippen LogP contribution in [0.4, 0.5) is 0 Å². The van der Waals surface area contributed by atoms with Gasteiger partial charge in [-0.05, 0) is 25.5 Å². The van der Waals surface area contributed by atoms with Crippen LogP contribution < -0.4 is 5.32 Å². The number of amides is 1. The predicted octanol–water partition coefficient (Wildman–Crippen LogP) is 6.43. The lowest BCUT2D eigenvalue weighted by Crippen LogP contribution is -2.24. The van der Waals surface area contributed by atoms with Gasteiger partial charge in [0.25, 0.3) is 5.91 Å². The molecular formula is C22H37NO. The highest BCUT2D eigenvalue weighted by Gasteiger charge is 2.03. The van der Waals surface area contributed by atoms with E-state index in [0.717, 1.165) is 18.5 Å². The number of hydrogen-bond acceptors (Lipinski definition) is 1. The van der Waals surface area contributed by atoms with E-state index in [0.29, 0.717) is 0 Å². The van der Waals surface area contributed by atoms with Crippen LogP contribution in [0.2, 0.25) is 0 Å². The smallest absolute Gasteiger partial charge is 0.251 e. The van der Waals surface area contributed by atoms with Crippen LogP contribution in [0.25, 0.3) is 0 Å². The SMILES string of the molecule is CCCCCCCCCCCCCCNC(=O)c1ccc(C)cc1. The number of unbranched alkanes of at least 4 members (excludes halogenated alkanes) is 11. The van der Waals surface area contributed by atoms with Crippen molar-refractivity contribution in [3.05, 3.63) is 35.4 Å². The Morgan fingerprint density at radius 2 is 1.21 bits per heavy atom. The summed E-state index contributed by atoms with van der Waals surface area (Å²) in [6.45, 7) is 5.10. The highest BCUT2D eigenvalue weighted by molar-refractivity contribution is 5.94. The summed E-state index contributed by atoms with van der Waals surface area (Å²) in [6, 6.07) is 7.76. The Kier molecular flexibility index (Phi) is 12.2. The molecule has 0 unspecified atom stereocenters. The van der Waals surface area contributed by atoms with Gasteiger partial charge in [-0.2, -0.15) is 0 Å². The number of nitrogens with one attached hydrogen (secondary N) is 1. The van der Waals surface area contributed by atoms with E-state index in [1.165, 1.54) is 76.2 Å². The molecule has 24 heavy (non-hydrogen) atoms. The van der Waals surface area contributed by atoms with Crippen molar-refractivity contribution in [2.75, 3.05) is 6.54 Å². The number of hydrogen-bond donors (Lipinski definition) is 1.